The highest BCUT2D eigenvalue weighted by Crippen LogP contribution is 2.29. The Balaban J connectivity index is 1.62. The fraction of sp³-hybridized carbons (Fsp3) is 0.300. The number of ether oxygens (including phenoxy) is 2. The van der Waals surface area contributed by atoms with Gasteiger partial charge in [-0.15, -0.1) is 0 Å². The van der Waals surface area contributed by atoms with Gasteiger partial charge in [-0.2, -0.15) is 0 Å². The summed E-state index contributed by atoms with van der Waals surface area (Å²) in [6, 6.07) is 12.8. The molecule has 3 rings (SSSR count). The van der Waals surface area contributed by atoms with Crippen molar-refractivity contribution in [3.05, 3.63) is 48.0 Å². The van der Waals surface area contributed by atoms with E-state index >= 15 is 0 Å². The van der Waals surface area contributed by atoms with E-state index in [9.17, 15) is 9.59 Å². The molecule has 0 saturated carbocycles. The molecule has 1 aliphatic heterocycles. The van der Waals surface area contributed by atoms with Gasteiger partial charge in [0.2, 0.25) is 11.8 Å². The first-order valence-corrected chi connectivity index (χ1v) is 8.52. The lowest BCUT2D eigenvalue weighted by Gasteiger charge is -2.16. The first-order chi connectivity index (χ1) is 12.6. The number of carbonyl (C=O) groups excluding carboxylic acids is 2. The van der Waals surface area contributed by atoms with E-state index in [1.54, 1.807) is 37.3 Å². The number of nitrogens with one attached hydrogen (secondary N) is 1. The van der Waals surface area contributed by atoms with Crippen molar-refractivity contribution in [2.75, 3.05) is 31.0 Å². The number of hydrogen-bond acceptors (Lipinski definition) is 4. The van der Waals surface area contributed by atoms with Crippen LogP contribution in [0.15, 0.2) is 42.5 Å². The monoisotopic (exact) mass is 354 g/mol. The van der Waals surface area contributed by atoms with Gasteiger partial charge in [0, 0.05) is 30.4 Å². The van der Waals surface area contributed by atoms with Crippen LogP contribution in [0.1, 0.15) is 18.4 Å². The maximum atomic E-state index is 12.3. The second-order valence-electron chi connectivity index (χ2n) is 6.11. The Morgan fingerprint density at radius 2 is 1.81 bits per heavy atom. The van der Waals surface area contributed by atoms with Crippen molar-refractivity contribution >= 4 is 23.2 Å². The van der Waals surface area contributed by atoms with E-state index in [4.69, 9.17) is 9.47 Å². The van der Waals surface area contributed by atoms with Crippen molar-refractivity contribution in [1.29, 1.82) is 0 Å². The molecular weight excluding hydrogens is 332 g/mol. The predicted octanol–water partition coefficient (Wildman–Crippen LogP) is 3.01. The minimum atomic E-state index is -0.123. The van der Waals surface area contributed by atoms with Crippen LogP contribution in [0.25, 0.3) is 0 Å². The average Bonchev–Trinajstić information content (AvgIpc) is 3.08. The molecule has 1 aliphatic rings. The topological polar surface area (TPSA) is 67.9 Å². The number of rotatable bonds is 6. The minimum Gasteiger partial charge on any atom is -0.493 e. The number of hydrogen-bond donors (Lipinski definition) is 1. The molecule has 26 heavy (non-hydrogen) atoms. The maximum Gasteiger partial charge on any atom is 0.228 e. The van der Waals surface area contributed by atoms with Crippen LogP contribution >= 0.6 is 0 Å². The molecule has 6 nitrogen and oxygen atoms in total. The van der Waals surface area contributed by atoms with Crippen LogP contribution in [0.4, 0.5) is 11.4 Å². The van der Waals surface area contributed by atoms with Crippen molar-refractivity contribution in [3.8, 4) is 11.5 Å². The lowest BCUT2D eigenvalue weighted by molar-refractivity contribution is -0.117. The number of anilines is 2. The van der Waals surface area contributed by atoms with E-state index < -0.39 is 0 Å². The Bertz CT molecular complexity index is 802. The Kier molecular flexibility index (Phi) is 5.41. The highest BCUT2D eigenvalue weighted by Gasteiger charge is 2.21. The van der Waals surface area contributed by atoms with Gasteiger partial charge in [0.25, 0.3) is 0 Å². The molecule has 1 fully saturated rings. The third kappa shape index (κ3) is 3.96. The van der Waals surface area contributed by atoms with Crippen LogP contribution in [0.2, 0.25) is 0 Å². The Hall–Kier alpha value is -3.02. The molecule has 0 atom stereocenters. The van der Waals surface area contributed by atoms with Gasteiger partial charge in [-0.05, 0) is 36.2 Å². The number of methoxy groups -OCH3 is 2. The maximum absolute atomic E-state index is 12.3. The summed E-state index contributed by atoms with van der Waals surface area (Å²) in [4.78, 5) is 25.8. The molecule has 6 heteroatoms. The number of carbonyl (C=O) groups is 2. The zero-order chi connectivity index (χ0) is 18.5. The molecule has 0 radical (unpaired) electrons. The van der Waals surface area contributed by atoms with Crippen LogP contribution < -0.4 is 19.7 Å². The zero-order valence-corrected chi connectivity index (χ0v) is 15.0. The lowest BCUT2D eigenvalue weighted by atomic mass is 10.1. The summed E-state index contributed by atoms with van der Waals surface area (Å²) in [5.41, 5.74) is 2.42. The first-order valence-electron chi connectivity index (χ1n) is 8.52. The van der Waals surface area contributed by atoms with Gasteiger partial charge >= 0.3 is 0 Å². The van der Waals surface area contributed by atoms with Crippen molar-refractivity contribution in [2.24, 2.45) is 0 Å². The molecule has 2 aromatic carbocycles. The van der Waals surface area contributed by atoms with Gasteiger partial charge in [-0.3, -0.25) is 9.59 Å². The first kappa shape index (κ1) is 17.8. The molecule has 1 heterocycles. The molecular formula is C20H22N2O4. The zero-order valence-electron chi connectivity index (χ0n) is 15.0. The molecule has 1 saturated heterocycles. The van der Waals surface area contributed by atoms with Crippen LogP contribution in [0.5, 0.6) is 11.5 Å². The summed E-state index contributed by atoms with van der Waals surface area (Å²) in [6.07, 6.45) is 1.76. The molecule has 136 valence electrons. The minimum absolute atomic E-state index is 0.123. The van der Waals surface area contributed by atoms with Crippen molar-refractivity contribution in [2.45, 2.75) is 19.3 Å². The SMILES string of the molecule is COc1ccc(NC(=O)Cc2ccc(N3CCCC3=O)cc2)cc1OC. The largest absolute Gasteiger partial charge is 0.493 e. The second kappa shape index (κ2) is 7.91. The van der Waals surface area contributed by atoms with Gasteiger partial charge in [0.05, 0.1) is 20.6 Å². The number of amides is 2. The van der Waals surface area contributed by atoms with Gasteiger partial charge < -0.3 is 19.7 Å². The molecule has 2 aromatic rings. The van der Waals surface area contributed by atoms with E-state index in [0.29, 0.717) is 23.6 Å². The van der Waals surface area contributed by atoms with Crippen LogP contribution in [-0.4, -0.2) is 32.6 Å². The molecule has 0 unspecified atom stereocenters. The summed E-state index contributed by atoms with van der Waals surface area (Å²) in [5.74, 6) is 1.20. The third-order valence-corrected chi connectivity index (χ3v) is 4.35. The molecule has 0 bridgehead atoms. The van der Waals surface area contributed by atoms with Crippen molar-refractivity contribution < 1.29 is 19.1 Å². The van der Waals surface area contributed by atoms with Crippen LogP contribution in [0, 0.1) is 0 Å². The second-order valence-corrected chi connectivity index (χ2v) is 6.11. The Labute approximate surface area is 152 Å². The average molecular weight is 354 g/mol. The highest BCUT2D eigenvalue weighted by molar-refractivity contribution is 5.95. The predicted molar refractivity (Wildman–Crippen MR) is 99.9 cm³/mol. The molecule has 0 spiro atoms. The normalized spacial score (nSPS) is 13.6. The molecule has 1 N–H and O–H groups in total. The van der Waals surface area contributed by atoms with Gasteiger partial charge in [0.15, 0.2) is 11.5 Å². The van der Waals surface area contributed by atoms with E-state index in [-0.39, 0.29) is 18.2 Å². The van der Waals surface area contributed by atoms with E-state index in [0.717, 1.165) is 24.2 Å². The fourth-order valence-electron chi connectivity index (χ4n) is 3.02. The van der Waals surface area contributed by atoms with Gasteiger partial charge in [0.1, 0.15) is 0 Å². The Morgan fingerprint density at radius 1 is 1.08 bits per heavy atom. The van der Waals surface area contributed by atoms with Crippen LogP contribution in [0.3, 0.4) is 0 Å². The molecule has 0 aliphatic carbocycles. The smallest absolute Gasteiger partial charge is 0.228 e. The summed E-state index contributed by atoms with van der Waals surface area (Å²) >= 11 is 0. The van der Waals surface area contributed by atoms with Crippen molar-refractivity contribution in [1.82, 2.24) is 0 Å². The van der Waals surface area contributed by atoms with E-state index in [1.807, 2.05) is 24.3 Å². The highest BCUT2D eigenvalue weighted by atomic mass is 16.5. The number of nitrogens with zero attached hydrogens (tertiary/aromatic N) is 1. The third-order valence-electron chi connectivity index (χ3n) is 4.35. The standard InChI is InChI=1S/C20H22N2O4/c1-25-17-10-7-15(13-18(17)26-2)21-19(23)12-14-5-8-16(9-6-14)22-11-3-4-20(22)24/h5-10,13H,3-4,11-12H2,1-2H3,(H,21,23). The summed E-state index contributed by atoms with van der Waals surface area (Å²) in [6.45, 7) is 0.762. The summed E-state index contributed by atoms with van der Waals surface area (Å²) in [7, 11) is 3.12. The van der Waals surface area contributed by atoms with Crippen LogP contribution in [-0.2, 0) is 16.0 Å². The molecule has 2 amide bonds. The molecule has 0 aromatic heterocycles. The van der Waals surface area contributed by atoms with Gasteiger partial charge in [-0.25, -0.2) is 0 Å². The lowest BCUT2D eigenvalue weighted by Crippen LogP contribution is -2.23. The van der Waals surface area contributed by atoms with Gasteiger partial charge in [-0.1, -0.05) is 12.1 Å². The van der Waals surface area contributed by atoms with E-state index in [2.05, 4.69) is 5.32 Å². The summed E-state index contributed by atoms with van der Waals surface area (Å²) < 4.78 is 10.4. The van der Waals surface area contributed by atoms with Crippen molar-refractivity contribution in [3.63, 3.8) is 0 Å². The summed E-state index contributed by atoms with van der Waals surface area (Å²) in [5, 5.41) is 2.85. The fourth-order valence-corrected chi connectivity index (χ4v) is 3.02. The quantitative estimate of drug-likeness (QED) is 0.866. The number of benzene rings is 2. The Morgan fingerprint density at radius 3 is 2.42 bits per heavy atom. The van der Waals surface area contributed by atoms with E-state index in [1.165, 1.54) is 0 Å².